The highest BCUT2D eigenvalue weighted by Gasteiger charge is 2.15. The molecule has 0 aromatic heterocycles. The minimum Gasteiger partial charge on any atom is -0.496 e. The second kappa shape index (κ2) is 6.54. The van der Waals surface area contributed by atoms with Crippen LogP contribution >= 0.6 is 0 Å². The molecule has 1 rings (SSSR count). The van der Waals surface area contributed by atoms with Crippen LogP contribution in [0.1, 0.15) is 18.0 Å². The first-order chi connectivity index (χ1) is 8.08. The fraction of sp³-hybridized carbons (Fsp3) is 0.500. The first-order valence-corrected chi connectivity index (χ1v) is 5.52. The molecule has 0 heterocycles. The van der Waals surface area contributed by atoms with Gasteiger partial charge in [-0.2, -0.15) is 0 Å². The number of hydrazine groups is 1. The summed E-state index contributed by atoms with van der Waals surface area (Å²) in [6, 6.07) is 4.33. The maximum atomic E-state index is 13.2. The molecule has 0 aliphatic carbocycles. The van der Waals surface area contributed by atoms with E-state index in [4.69, 9.17) is 10.6 Å². The maximum absolute atomic E-state index is 13.2. The molecule has 0 saturated carbocycles. The van der Waals surface area contributed by atoms with E-state index in [0.29, 0.717) is 5.75 Å². The van der Waals surface area contributed by atoms with Gasteiger partial charge in [-0.3, -0.25) is 11.3 Å². The smallest absolute Gasteiger partial charge is 0.123 e. The van der Waals surface area contributed by atoms with Crippen LogP contribution in [0.3, 0.4) is 0 Å². The number of rotatable bonds is 6. The second-order valence-corrected chi connectivity index (χ2v) is 4.20. The third-order valence-corrected chi connectivity index (χ3v) is 2.63. The predicted molar refractivity (Wildman–Crippen MR) is 66.2 cm³/mol. The monoisotopic (exact) mass is 241 g/mol. The van der Waals surface area contributed by atoms with Gasteiger partial charge in [0.25, 0.3) is 0 Å². The van der Waals surface area contributed by atoms with Crippen LogP contribution in [0.25, 0.3) is 0 Å². The Morgan fingerprint density at radius 3 is 2.71 bits per heavy atom. The lowest BCUT2D eigenvalue weighted by Gasteiger charge is -2.21. The number of methoxy groups -OCH3 is 1. The molecule has 96 valence electrons. The molecule has 0 spiro atoms. The first kappa shape index (κ1) is 13.9. The van der Waals surface area contributed by atoms with Crippen LogP contribution in [0.5, 0.6) is 5.75 Å². The lowest BCUT2D eigenvalue weighted by atomic mass is 10.0. The number of nitrogens with one attached hydrogen (secondary N) is 1. The number of hydrogen-bond donors (Lipinski definition) is 2. The van der Waals surface area contributed by atoms with Crippen molar-refractivity contribution in [3.8, 4) is 5.75 Å². The Morgan fingerprint density at radius 1 is 1.47 bits per heavy atom. The number of ether oxygens (including phenoxy) is 1. The summed E-state index contributed by atoms with van der Waals surface area (Å²) in [6.07, 6.45) is 0.781. The molecule has 4 nitrogen and oxygen atoms in total. The first-order valence-electron chi connectivity index (χ1n) is 5.52. The average molecular weight is 241 g/mol. The molecule has 0 saturated heterocycles. The molecule has 17 heavy (non-hydrogen) atoms. The Balaban J connectivity index is 2.89. The average Bonchev–Trinajstić information content (AvgIpc) is 2.30. The van der Waals surface area contributed by atoms with E-state index in [1.807, 2.05) is 14.1 Å². The van der Waals surface area contributed by atoms with Crippen LogP contribution in [0.4, 0.5) is 4.39 Å². The van der Waals surface area contributed by atoms with Gasteiger partial charge in [-0.25, -0.2) is 4.39 Å². The van der Waals surface area contributed by atoms with Crippen molar-refractivity contribution in [1.29, 1.82) is 0 Å². The highest BCUT2D eigenvalue weighted by atomic mass is 19.1. The van der Waals surface area contributed by atoms with E-state index in [1.54, 1.807) is 13.2 Å². The van der Waals surface area contributed by atoms with Crippen molar-refractivity contribution in [3.05, 3.63) is 29.6 Å². The van der Waals surface area contributed by atoms with E-state index in [1.165, 1.54) is 12.1 Å². The quantitative estimate of drug-likeness (QED) is 0.582. The van der Waals surface area contributed by atoms with Gasteiger partial charge in [0, 0.05) is 5.56 Å². The van der Waals surface area contributed by atoms with Gasteiger partial charge in [0.2, 0.25) is 0 Å². The zero-order chi connectivity index (χ0) is 12.8. The van der Waals surface area contributed by atoms with E-state index in [2.05, 4.69) is 10.3 Å². The Morgan fingerprint density at radius 2 is 2.18 bits per heavy atom. The maximum Gasteiger partial charge on any atom is 0.123 e. The molecule has 0 fully saturated rings. The number of hydrogen-bond acceptors (Lipinski definition) is 4. The third-order valence-electron chi connectivity index (χ3n) is 2.63. The largest absolute Gasteiger partial charge is 0.496 e. The van der Waals surface area contributed by atoms with Gasteiger partial charge in [0.1, 0.15) is 11.6 Å². The molecular weight excluding hydrogens is 221 g/mol. The van der Waals surface area contributed by atoms with E-state index in [9.17, 15) is 4.39 Å². The summed E-state index contributed by atoms with van der Waals surface area (Å²) >= 11 is 0. The van der Waals surface area contributed by atoms with E-state index in [0.717, 1.165) is 18.5 Å². The van der Waals surface area contributed by atoms with E-state index < -0.39 is 0 Å². The van der Waals surface area contributed by atoms with Crippen molar-refractivity contribution in [2.24, 2.45) is 5.84 Å². The van der Waals surface area contributed by atoms with Gasteiger partial charge in [-0.05, 0) is 45.3 Å². The Hall–Kier alpha value is -1.17. The summed E-state index contributed by atoms with van der Waals surface area (Å²) in [5, 5.41) is 0. The molecule has 0 aliphatic rings. The third kappa shape index (κ3) is 3.96. The SMILES string of the molecule is COc1ccc(F)cc1C(CCN(C)C)NN. The molecule has 1 aromatic carbocycles. The fourth-order valence-electron chi connectivity index (χ4n) is 1.69. The van der Waals surface area contributed by atoms with Crippen LogP contribution in [-0.2, 0) is 0 Å². The minimum atomic E-state index is -0.286. The Bertz CT molecular complexity index is 358. The van der Waals surface area contributed by atoms with Gasteiger partial charge >= 0.3 is 0 Å². The summed E-state index contributed by atoms with van der Waals surface area (Å²) in [6.45, 7) is 0.856. The molecule has 1 aromatic rings. The van der Waals surface area contributed by atoms with Crippen LogP contribution in [0.15, 0.2) is 18.2 Å². The molecule has 1 unspecified atom stereocenters. The van der Waals surface area contributed by atoms with Crippen LogP contribution in [-0.4, -0.2) is 32.6 Å². The zero-order valence-corrected chi connectivity index (χ0v) is 10.5. The summed E-state index contributed by atoms with van der Waals surface area (Å²) in [5.41, 5.74) is 3.45. The Labute approximate surface area is 102 Å². The lowest BCUT2D eigenvalue weighted by molar-refractivity contribution is 0.351. The topological polar surface area (TPSA) is 50.5 Å². The number of nitrogens with two attached hydrogens (primary N) is 1. The fourth-order valence-corrected chi connectivity index (χ4v) is 1.69. The van der Waals surface area contributed by atoms with Crippen molar-refractivity contribution in [1.82, 2.24) is 10.3 Å². The normalized spacial score (nSPS) is 12.8. The standard InChI is InChI=1S/C12H20FN3O/c1-16(2)7-6-11(15-14)10-8-9(13)4-5-12(10)17-3/h4-5,8,11,15H,6-7,14H2,1-3H3. The van der Waals surface area contributed by atoms with Crippen LogP contribution in [0, 0.1) is 5.82 Å². The summed E-state index contributed by atoms with van der Waals surface area (Å²) in [7, 11) is 5.53. The van der Waals surface area contributed by atoms with Gasteiger partial charge < -0.3 is 9.64 Å². The minimum absolute atomic E-state index is 0.122. The van der Waals surface area contributed by atoms with E-state index in [-0.39, 0.29) is 11.9 Å². The molecule has 0 aliphatic heterocycles. The summed E-state index contributed by atoms with van der Waals surface area (Å²) < 4.78 is 18.5. The van der Waals surface area contributed by atoms with Crippen molar-refractivity contribution in [2.75, 3.05) is 27.7 Å². The highest BCUT2D eigenvalue weighted by molar-refractivity contribution is 5.36. The number of benzene rings is 1. The van der Waals surface area contributed by atoms with Crippen molar-refractivity contribution in [3.63, 3.8) is 0 Å². The zero-order valence-electron chi connectivity index (χ0n) is 10.5. The lowest BCUT2D eigenvalue weighted by Crippen LogP contribution is -2.31. The highest BCUT2D eigenvalue weighted by Crippen LogP contribution is 2.27. The molecule has 1 atom stereocenters. The molecule has 3 N–H and O–H groups in total. The number of nitrogens with zero attached hydrogens (tertiary/aromatic N) is 1. The molecule has 0 bridgehead atoms. The molecule has 0 radical (unpaired) electrons. The molecular formula is C12H20FN3O. The van der Waals surface area contributed by atoms with Gasteiger partial charge in [-0.15, -0.1) is 0 Å². The van der Waals surface area contributed by atoms with Crippen molar-refractivity contribution >= 4 is 0 Å². The van der Waals surface area contributed by atoms with Gasteiger partial charge in [0.15, 0.2) is 0 Å². The van der Waals surface area contributed by atoms with Gasteiger partial charge in [0.05, 0.1) is 13.2 Å². The summed E-state index contributed by atoms with van der Waals surface area (Å²) in [5.74, 6) is 5.88. The summed E-state index contributed by atoms with van der Waals surface area (Å²) in [4.78, 5) is 2.05. The van der Waals surface area contributed by atoms with Gasteiger partial charge in [-0.1, -0.05) is 0 Å². The second-order valence-electron chi connectivity index (χ2n) is 4.20. The van der Waals surface area contributed by atoms with Crippen molar-refractivity contribution in [2.45, 2.75) is 12.5 Å². The van der Waals surface area contributed by atoms with E-state index >= 15 is 0 Å². The van der Waals surface area contributed by atoms with Crippen LogP contribution in [0.2, 0.25) is 0 Å². The van der Waals surface area contributed by atoms with Crippen LogP contribution < -0.4 is 16.0 Å². The number of halogens is 1. The molecule has 5 heteroatoms. The predicted octanol–water partition coefficient (Wildman–Crippen LogP) is 1.29. The molecule has 0 amide bonds. The Kier molecular flexibility index (Phi) is 5.34. The van der Waals surface area contributed by atoms with Crippen molar-refractivity contribution < 1.29 is 9.13 Å².